The minimum absolute atomic E-state index is 0.0970. The maximum atomic E-state index is 11.7. The third kappa shape index (κ3) is 1.97. The van der Waals surface area contributed by atoms with Gasteiger partial charge in [0.05, 0.1) is 18.2 Å². The number of aromatic nitrogens is 1. The first-order valence-electron chi connectivity index (χ1n) is 6.53. The smallest absolute Gasteiger partial charge is 0.313 e. The number of para-hydroxylation sites is 1. The maximum Gasteiger partial charge on any atom is 0.313 e. The first-order valence-corrected chi connectivity index (χ1v) is 6.53. The highest BCUT2D eigenvalue weighted by Crippen LogP contribution is 2.46. The fourth-order valence-corrected chi connectivity index (χ4v) is 2.57. The lowest BCUT2D eigenvalue weighted by molar-refractivity contribution is -0.146. The lowest BCUT2D eigenvalue weighted by atomic mass is 10.1. The van der Waals surface area contributed by atoms with Crippen LogP contribution in [0.15, 0.2) is 30.5 Å². The van der Waals surface area contributed by atoms with Crippen molar-refractivity contribution < 1.29 is 9.53 Å². The number of methoxy groups -OCH3 is 1. The maximum absolute atomic E-state index is 11.7. The summed E-state index contributed by atoms with van der Waals surface area (Å²) in [6.45, 7) is 0.647. The average molecular weight is 258 g/mol. The standard InChI is InChI=1S/C15H18N2O2/c1-17-9-12(11-5-3-4-6-13(11)17)16-10-15(7-8-15)14(18)19-2/h3-6,9,16H,7-8,10H2,1-2H3. The summed E-state index contributed by atoms with van der Waals surface area (Å²) in [5.74, 6) is -0.0970. The molecule has 1 aliphatic carbocycles. The molecular formula is C15H18N2O2. The highest BCUT2D eigenvalue weighted by molar-refractivity contribution is 5.93. The molecule has 1 aromatic carbocycles. The van der Waals surface area contributed by atoms with Crippen LogP contribution in [-0.4, -0.2) is 24.2 Å². The second-order valence-corrected chi connectivity index (χ2v) is 5.30. The Balaban J connectivity index is 1.81. The number of hydrogen-bond acceptors (Lipinski definition) is 3. The van der Waals surface area contributed by atoms with E-state index >= 15 is 0 Å². The van der Waals surface area contributed by atoms with Gasteiger partial charge < -0.3 is 14.6 Å². The van der Waals surface area contributed by atoms with Crippen molar-refractivity contribution in [3.8, 4) is 0 Å². The van der Waals surface area contributed by atoms with E-state index in [2.05, 4.69) is 28.2 Å². The molecule has 100 valence electrons. The lowest BCUT2D eigenvalue weighted by Crippen LogP contribution is -2.25. The van der Waals surface area contributed by atoms with Gasteiger partial charge in [-0.3, -0.25) is 4.79 Å². The largest absolute Gasteiger partial charge is 0.469 e. The second-order valence-electron chi connectivity index (χ2n) is 5.30. The molecule has 3 rings (SSSR count). The van der Waals surface area contributed by atoms with E-state index in [-0.39, 0.29) is 11.4 Å². The average Bonchev–Trinajstić information content (AvgIpc) is 3.17. The van der Waals surface area contributed by atoms with E-state index in [1.54, 1.807) is 0 Å². The zero-order chi connectivity index (χ0) is 13.5. The van der Waals surface area contributed by atoms with Gasteiger partial charge >= 0.3 is 5.97 Å². The Hall–Kier alpha value is -1.97. The highest BCUT2D eigenvalue weighted by atomic mass is 16.5. The number of hydrogen-bond donors (Lipinski definition) is 1. The van der Waals surface area contributed by atoms with Crippen molar-refractivity contribution in [3.63, 3.8) is 0 Å². The van der Waals surface area contributed by atoms with E-state index < -0.39 is 0 Å². The number of fused-ring (bicyclic) bond motifs is 1. The third-order valence-corrected chi connectivity index (χ3v) is 3.99. The Morgan fingerprint density at radius 1 is 1.42 bits per heavy atom. The van der Waals surface area contributed by atoms with Gasteiger partial charge in [-0.05, 0) is 18.9 Å². The van der Waals surface area contributed by atoms with Crippen LogP contribution in [0.2, 0.25) is 0 Å². The van der Waals surface area contributed by atoms with Crippen LogP contribution in [-0.2, 0) is 16.6 Å². The number of anilines is 1. The SMILES string of the molecule is COC(=O)C1(CNc2cn(C)c3ccccc23)CC1. The number of nitrogens with zero attached hydrogens (tertiary/aromatic N) is 1. The number of aryl methyl sites for hydroxylation is 1. The number of benzene rings is 1. The van der Waals surface area contributed by atoms with Gasteiger partial charge in [-0.2, -0.15) is 0 Å². The first-order chi connectivity index (χ1) is 9.16. The topological polar surface area (TPSA) is 43.3 Å². The van der Waals surface area contributed by atoms with E-state index in [9.17, 15) is 4.79 Å². The molecule has 0 aliphatic heterocycles. The quantitative estimate of drug-likeness (QED) is 0.857. The molecule has 4 heteroatoms. The minimum atomic E-state index is -0.300. The van der Waals surface area contributed by atoms with Crippen LogP contribution in [0.3, 0.4) is 0 Å². The molecule has 19 heavy (non-hydrogen) atoms. The summed E-state index contributed by atoms with van der Waals surface area (Å²) in [6, 6.07) is 8.24. The summed E-state index contributed by atoms with van der Waals surface area (Å²) in [4.78, 5) is 11.7. The van der Waals surface area contributed by atoms with Crippen molar-refractivity contribution in [2.45, 2.75) is 12.8 Å². The second kappa shape index (κ2) is 4.30. The molecule has 0 saturated heterocycles. The van der Waals surface area contributed by atoms with Gasteiger partial charge in [0.25, 0.3) is 0 Å². The molecule has 0 unspecified atom stereocenters. The molecule has 4 nitrogen and oxygen atoms in total. The van der Waals surface area contributed by atoms with Gasteiger partial charge in [-0.1, -0.05) is 18.2 Å². The number of nitrogens with one attached hydrogen (secondary N) is 1. The van der Waals surface area contributed by atoms with Gasteiger partial charge in [0, 0.05) is 30.7 Å². The van der Waals surface area contributed by atoms with Crippen molar-refractivity contribution in [1.29, 1.82) is 0 Å². The van der Waals surface area contributed by atoms with Crippen molar-refractivity contribution >= 4 is 22.6 Å². The van der Waals surface area contributed by atoms with Crippen LogP contribution in [0.4, 0.5) is 5.69 Å². The van der Waals surface area contributed by atoms with Crippen molar-refractivity contribution in [3.05, 3.63) is 30.5 Å². The van der Waals surface area contributed by atoms with Crippen LogP contribution in [0.1, 0.15) is 12.8 Å². The summed E-state index contributed by atoms with van der Waals surface area (Å²) in [6.07, 6.45) is 3.90. The zero-order valence-electron chi connectivity index (χ0n) is 11.3. The van der Waals surface area contributed by atoms with Gasteiger partial charge in [-0.15, -0.1) is 0 Å². The van der Waals surface area contributed by atoms with Crippen LogP contribution in [0.25, 0.3) is 10.9 Å². The van der Waals surface area contributed by atoms with E-state index in [0.29, 0.717) is 6.54 Å². The summed E-state index contributed by atoms with van der Waals surface area (Å²) < 4.78 is 6.97. The molecule has 1 aliphatic rings. The lowest BCUT2D eigenvalue weighted by Gasteiger charge is -2.13. The molecule has 1 N–H and O–H groups in total. The van der Waals surface area contributed by atoms with Gasteiger partial charge in [0.2, 0.25) is 0 Å². The molecule has 1 aromatic heterocycles. The molecule has 0 amide bonds. The Bertz CT molecular complexity index is 626. The first kappa shape index (κ1) is 12.1. The van der Waals surface area contributed by atoms with Gasteiger partial charge in [-0.25, -0.2) is 0 Å². The summed E-state index contributed by atoms with van der Waals surface area (Å²) >= 11 is 0. The highest BCUT2D eigenvalue weighted by Gasteiger charge is 2.50. The molecular weight excluding hydrogens is 240 g/mol. The van der Waals surface area contributed by atoms with E-state index in [1.807, 2.05) is 19.2 Å². The number of rotatable bonds is 4. The Morgan fingerprint density at radius 3 is 2.84 bits per heavy atom. The van der Waals surface area contributed by atoms with Crippen LogP contribution in [0.5, 0.6) is 0 Å². The van der Waals surface area contributed by atoms with E-state index in [0.717, 1.165) is 18.5 Å². The third-order valence-electron chi connectivity index (χ3n) is 3.99. The number of carbonyl (C=O) groups is 1. The normalized spacial score (nSPS) is 16.3. The van der Waals surface area contributed by atoms with Gasteiger partial charge in [0.15, 0.2) is 0 Å². The molecule has 2 aromatic rings. The van der Waals surface area contributed by atoms with E-state index in [4.69, 9.17) is 4.74 Å². The fraction of sp³-hybridized carbons (Fsp3) is 0.400. The Morgan fingerprint density at radius 2 is 2.16 bits per heavy atom. The van der Waals surface area contributed by atoms with Gasteiger partial charge in [0.1, 0.15) is 0 Å². The molecule has 1 heterocycles. The van der Waals surface area contributed by atoms with Crippen LogP contribution < -0.4 is 5.32 Å². The number of ether oxygens (including phenoxy) is 1. The predicted octanol–water partition coefficient (Wildman–Crippen LogP) is 2.54. The summed E-state index contributed by atoms with van der Waals surface area (Å²) in [7, 11) is 3.49. The Kier molecular flexibility index (Phi) is 2.73. The van der Waals surface area contributed by atoms with Crippen LogP contribution in [0, 0.1) is 5.41 Å². The van der Waals surface area contributed by atoms with Crippen molar-refractivity contribution in [1.82, 2.24) is 4.57 Å². The minimum Gasteiger partial charge on any atom is -0.469 e. The van der Waals surface area contributed by atoms with Crippen LogP contribution >= 0.6 is 0 Å². The molecule has 1 fully saturated rings. The predicted molar refractivity (Wildman–Crippen MR) is 75.1 cm³/mol. The number of esters is 1. The molecule has 0 spiro atoms. The molecule has 0 atom stereocenters. The van der Waals surface area contributed by atoms with E-state index in [1.165, 1.54) is 18.0 Å². The van der Waals surface area contributed by atoms with Crippen molar-refractivity contribution in [2.75, 3.05) is 19.0 Å². The Labute approximate surface area is 112 Å². The summed E-state index contributed by atoms with van der Waals surface area (Å²) in [5, 5.41) is 4.59. The molecule has 0 radical (unpaired) electrons. The zero-order valence-corrected chi connectivity index (χ0v) is 11.3. The molecule has 1 saturated carbocycles. The number of carbonyl (C=O) groups excluding carboxylic acids is 1. The van der Waals surface area contributed by atoms with Crippen molar-refractivity contribution in [2.24, 2.45) is 12.5 Å². The summed E-state index contributed by atoms with van der Waals surface area (Å²) in [5.41, 5.74) is 1.97. The molecule has 0 bridgehead atoms. The monoisotopic (exact) mass is 258 g/mol. The fourth-order valence-electron chi connectivity index (χ4n) is 2.57.